The maximum absolute atomic E-state index is 12.4. The first kappa shape index (κ1) is 20.7. The standard InChI is InChI=1S/C22H26Cl2N4OS/c1-28-18(11-22-8-13-5-14(9-22)7-15(6-13)10-22)26-27-21(28)30-12-19(29)25-17-4-2-3-16(23)20(17)24/h2-4,13-15H,5-12H2,1H3,(H,25,29). The Morgan fingerprint density at radius 2 is 1.83 bits per heavy atom. The van der Waals surface area contributed by atoms with Gasteiger partial charge in [0, 0.05) is 13.5 Å². The summed E-state index contributed by atoms with van der Waals surface area (Å²) in [5.74, 6) is 3.94. The van der Waals surface area contributed by atoms with E-state index < -0.39 is 0 Å². The zero-order chi connectivity index (χ0) is 20.9. The minimum Gasteiger partial charge on any atom is -0.324 e. The van der Waals surface area contributed by atoms with Gasteiger partial charge in [-0.1, -0.05) is 41.0 Å². The molecule has 4 saturated carbocycles. The number of hydrogen-bond donors (Lipinski definition) is 1. The number of halogens is 2. The number of carbonyl (C=O) groups is 1. The highest BCUT2D eigenvalue weighted by atomic mass is 35.5. The van der Waals surface area contributed by atoms with Gasteiger partial charge in [-0.15, -0.1) is 10.2 Å². The van der Waals surface area contributed by atoms with Crippen molar-refractivity contribution >= 4 is 46.6 Å². The maximum Gasteiger partial charge on any atom is 0.234 e. The van der Waals surface area contributed by atoms with Crippen molar-refractivity contribution in [3.63, 3.8) is 0 Å². The maximum atomic E-state index is 12.4. The van der Waals surface area contributed by atoms with Crippen molar-refractivity contribution in [3.05, 3.63) is 34.1 Å². The molecule has 160 valence electrons. The molecule has 0 saturated heterocycles. The summed E-state index contributed by atoms with van der Waals surface area (Å²) in [5.41, 5.74) is 0.952. The van der Waals surface area contributed by atoms with E-state index in [9.17, 15) is 4.79 Å². The van der Waals surface area contributed by atoms with E-state index >= 15 is 0 Å². The lowest BCUT2D eigenvalue weighted by molar-refractivity contribution is -0.113. The lowest BCUT2D eigenvalue weighted by Gasteiger charge is -2.56. The molecule has 4 aliphatic rings. The molecule has 1 amide bonds. The van der Waals surface area contributed by atoms with Gasteiger partial charge in [-0.2, -0.15) is 0 Å². The van der Waals surface area contributed by atoms with E-state index in [0.717, 1.165) is 35.2 Å². The molecule has 4 fully saturated rings. The molecule has 1 aromatic carbocycles. The fourth-order valence-corrected chi connectivity index (χ4v) is 7.46. The summed E-state index contributed by atoms with van der Waals surface area (Å²) in [4.78, 5) is 12.4. The highest BCUT2D eigenvalue weighted by Gasteiger charge is 2.51. The smallest absolute Gasteiger partial charge is 0.234 e. The molecule has 0 atom stereocenters. The fourth-order valence-electron chi connectivity index (χ4n) is 6.38. The molecule has 5 nitrogen and oxygen atoms in total. The number of hydrogen-bond acceptors (Lipinski definition) is 4. The molecule has 0 radical (unpaired) electrons. The summed E-state index contributed by atoms with van der Waals surface area (Å²) in [7, 11) is 2.02. The molecule has 0 unspecified atom stereocenters. The van der Waals surface area contributed by atoms with Gasteiger partial charge >= 0.3 is 0 Å². The van der Waals surface area contributed by atoms with Crippen molar-refractivity contribution in [1.29, 1.82) is 0 Å². The molecular formula is C22H26Cl2N4OS. The average molecular weight is 465 g/mol. The number of nitrogens with zero attached hydrogens (tertiary/aromatic N) is 3. The van der Waals surface area contributed by atoms with E-state index in [0.29, 0.717) is 21.1 Å². The number of amides is 1. The number of aromatic nitrogens is 3. The summed E-state index contributed by atoms with van der Waals surface area (Å²) in [6, 6.07) is 5.19. The molecule has 4 bridgehead atoms. The van der Waals surface area contributed by atoms with Crippen molar-refractivity contribution in [3.8, 4) is 0 Å². The number of benzene rings is 1. The Kier molecular flexibility index (Phi) is 5.53. The van der Waals surface area contributed by atoms with Crippen molar-refractivity contribution in [2.45, 2.75) is 50.1 Å². The van der Waals surface area contributed by atoms with Crippen LogP contribution in [0.4, 0.5) is 5.69 Å². The second-order valence-corrected chi connectivity index (χ2v) is 11.2. The van der Waals surface area contributed by atoms with E-state index in [1.165, 1.54) is 50.3 Å². The van der Waals surface area contributed by atoms with Crippen LogP contribution in [0.25, 0.3) is 0 Å². The first-order valence-electron chi connectivity index (χ1n) is 10.7. The Labute approximate surface area is 191 Å². The number of rotatable bonds is 6. The minimum atomic E-state index is -0.144. The van der Waals surface area contributed by atoms with Gasteiger partial charge in [-0.05, 0) is 73.8 Å². The monoisotopic (exact) mass is 464 g/mol. The fraction of sp³-hybridized carbons (Fsp3) is 0.591. The van der Waals surface area contributed by atoms with Gasteiger partial charge in [0.05, 0.1) is 21.5 Å². The van der Waals surface area contributed by atoms with E-state index in [1.54, 1.807) is 18.2 Å². The van der Waals surface area contributed by atoms with E-state index in [1.807, 2.05) is 7.05 Å². The minimum absolute atomic E-state index is 0.144. The van der Waals surface area contributed by atoms with Crippen molar-refractivity contribution < 1.29 is 4.79 Å². The third-order valence-corrected chi connectivity index (χ3v) is 9.02. The van der Waals surface area contributed by atoms with Crippen molar-refractivity contribution in [2.24, 2.45) is 30.2 Å². The van der Waals surface area contributed by atoms with Crippen LogP contribution in [0.15, 0.2) is 23.4 Å². The van der Waals surface area contributed by atoms with Crippen LogP contribution in [0.5, 0.6) is 0 Å². The molecule has 0 aliphatic heterocycles. The van der Waals surface area contributed by atoms with Gasteiger partial charge < -0.3 is 9.88 Å². The largest absolute Gasteiger partial charge is 0.324 e. The number of carbonyl (C=O) groups excluding carboxylic acids is 1. The molecule has 6 rings (SSSR count). The molecule has 1 aromatic heterocycles. The Balaban J connectivity index is 1.21. The topological polar surface area (TPSA) is 59.8 Å². The zero-order valence-electron chi connectivity index (χ0n) is 17.0. The van der Waals surface area contributed by atoms with Crippen molar-refractivity contribution in [2.75, 3.05) is 11.1 Å². The predicted octanol–water partition coefficient (Wildman–Crippen LogP) is 5.61. The van der Waals surface area contributed by atoms with Crippen LogP contribution >= 0.6 is 35.0 Å². The van der Waals surface area contributed by atoms with Crippen LogP contribution in [0.1, 0.15) is 44.3 Å². The van der Waals surface area contributed by atoms with Crippen LogP contribution in [-0.2, 0) is 18.3 Å². The molecular weight excluding hydrogens is 439 g/mol. The molecule has 30 heavy (non-hydrogen) atoms. The molecule has 1 heterocycles. The zero-order valence-corrected chi connectivity index (χ0v) is 19.4. The van der Waals surface area contributed by atoms with Crippen LogP contribution in [-0.4, -0.2) is 26.4 Å². The third kappa shape index (κ3) is 3.98. The normalized spacial score (nSPS) is 29.4. The number of thioether (sulfide) groups is 1. The lowest BCUT2D eigenvalue weighted by Crippen LogP contribution is -2.47. The second kappa shape index (κ2) is 8.03. The van der Waals surface area contributed by atoms with E-state index in [2.05, 4.69) is 20.1 Å². The molecule has 4 aliphatic carbocycles. The summed E-state index contributed by atoms with van der Waals surface area (Å²) >= 11 is 13.6. The Morgan fingerprint density at radius 3 is 2.50 bits per heavy atom. The molecule has 0 spiro atoms. The number of nitrogens with one attached hydrogen (secondary N) is 1. The van der Waals surface area contributed by atoms with Crippen LogP contribution in [0.3, 0.4) is 0 Å². The average Bonchev–Trinajstić information content (AvgIpc) is 3.02. The van der Waals surface area contributed by atoms with Gasteiger partial charge in [-0.3, -0.25) is 4.79 Å². The van der Waals surface area contributed by atoms with Gasteiger partial charge in [0.15, 0.2) is 5.16 Å². The molecule has 1 N–H and O–H groups in total. The molecule has 8 heteroatoms. The first-order valence-corrected chi connectivity index (χ1v) is 12.4. The van der Waals surface area contributed by atoms with Gasteiger partial charge in [0.2, 0.25) is 5.91 Å². The Morgan fingerprint density at radius 1 is 1.17 bits per heavy atom. The summed E-state index contributed by atoms with van der Waals surface area (Å²) < 4.78 is 2.07. The van der Waals surface area contributed by atoms with Gasteiger partial charge in [-0.25, -0.2) is 0 Å². The second-order valence-electron chi connectivity index (χ2n) is 9.49. The highest BCUT2D eigenvalue weighted by molar-refractivity contribution is 7.99. The first-order chi connectivity index (χ1) is 14.4. The highest BCUT2D eigenvalue weighted by Crippen LogP contribution is 2.60. The SMILES string of the molecule is Cn1c(CC23CC4CC(CC(C4)C2)C3)nnc1SCC(=O)Nc1cccc(Cl)c1Cl. The third-order valence-electron chi connectivity index (χ3n) is 7.18. The Hall–Kier alpha value is -1.24. The van der Waals surface area contributed by atoms with Crippen LogP contribution in [0, 0.1) is 23.2 Å². The van der Waals surface area contributed by atoms with Crippen molar-refractivity contribution in [1.82, 2.24) is 14.8 Å². The van der Waals surface area contributed by atoms with Gasteiger partial charge in [0.25, 0.3) is 0 Å². The quantitative estimate of drug-likeness (QED) is 0.564. The summed E-state index contributed by atoms with van der Waals surface area (Å²) in [6.45, 7) is 0. The Bertz CT molecular complexity index is 941. The van der Waals surface area contributed by atoms with E-state index in [-0.39, 0.29) is 11.7 Å². The lowest BCUT2D eigenvalue weighted by atomic mass is 9.49. The summed E-state index contributed by atoms with van der Waals surface area (Å²) in [5, 5.41) is 13.2. The van der Waals surface area contributed by atoms with Gasteiger partial charge in [0.1, 0.15) is 5.82 Å². The van der Waals surface area contributed by atoms with Crippen LogP contribution < -0.4 is 5.32 Å². The molecule has 2 aromatic rings. The van der Waals surface area contributed by atoms with Crippen LogP contribution in [0.2, 0.25) is 10.0 Å². The summed E-state index contributed by atoms with van der Waals surface area (Å²) in [6.07, 6.45) is 9.44. The van der Waals surface area contributed by atoms with E-state index in [4.69, 9.17) is 23.2 Å². The predicted molar refractivity (Wildman–Crippen MR) is 121 cm³/mol. The number of anilines is 1.